The quantitative estimate of drug-likeness (QED) is 0.245. The van der Waals surface area contributed by atoms with Gasteiger partial charge in [-0.2, -0.15) is 0 Å². The molecule has 1 atom stereocenters. The maximum Gasteiger partial charge on any atom is 0.336 e. The van der Waals surface area contributed by atoms with E-state index in [-0.39, 0.29) is 35.6 Å². The number of allylic oxidation sites excluding steroid dienone is 2. The third kappa shape index (κ3) is 5.57. The fourth-order valence-corrected chi connectivity index (χ4v) is 3.96. The van der Waals surface area contributed by atoms with Crippen LogP contribution in [0.1, 0.15) is 37.3 Å². The average Bonchev–Trinajstić information content (AvgIpc) is 2.86. The number of ether oxygens (including phenoxy) is 2. The van der Waals surface area contributed by atoms with Gasteiger partial charge in [0.15, 0.2) is 0 Å². The van der Waals surface area contributed by atoms with Gasteiger partial charge >= 0.3 is 11.9 Å². The molecular weight excluding hydrogens is 452 g/mol. The number of hydrogen-bond donors (Lipinski definition) is 2. The first-order chi connectivity index (χ1) is 16.8. The minimum atomic E-state index is -0.982. The van der Waals surface area contributed by atoms with Gasteiger partial charge in [-0.15, -0.1) is 0 Å². The van der Waals surface area contributed by atoms with Crippen LogP contribution < -0.4 is 5.32 Å². The minimum absolute atomic E-state index is 0.00963. The molecule has 0 amide bonds. The Hall–Kier alpha value is -4.40. The minimum Gasteiger partial charge on any atom is -0.508 e. The summed E-state index contributed by atoms with van der Waals surface area (Å²) in [5.74, 6) is -2.34. The van der Waals surface area contributed by atoms with Crippen molar-refractivity contribution in [1.82, 2.24) is 5.32 Å². The number of carbonyl (C=O) groups is 2. The lowest BCUT2D eigenvalue weighted by Crippen LogP contribution is -2.33. The summed E-state index contributed by atoms with van der Waals surface area (Å²) in [5, 5.41) is 25.0. The molecule has 9 nitrogen and oxygen atoms in total. The normalized spacial score (nSPS) is 16.0. The Labute approximate surface area is 202 Å². The van der Waals surface area contributed by atoms with Crippen LogP contribution in [-0.2, 0) is 19.1 Å². The molecule has 1 unspecified atom stereocenters. The van der Waals surface area contributed by atoms with Gasteiger partial charge in [0.2, 0.25) is 0 Å². The molecule has 1 heterocycles. The third-order valence-electron chi connectivity index (χ3n) is 5.53. The van der Waals surface area contributed by atoms with Crippen molar-refractivity contribution in [3.8, 4) is 0 Å². The molecule has 0 spiro atoms. The van der Waals surface area contributed by atoms with E-state index in [4.69, 9.17) is 9.47 Å². The monoisotopic (exact) mass is 478 g/mol. The summed E-state index contributed by atoms with van der Waals surface area (Å²) in [4.78, 5) is 36.8. The molecule has 1 aliphatic heterocycles. The summed E-state index contributed by atoms with van der Waals surface area (Å²) in [6.07, 6.45) is 1.64. The maximum absolute atomic E-state index is 13.2. The van der Waals surface area contributed by atoms with Crippen molar-refractivity contribution < 1.29 is 29.1 Å². The summed E-state index contributed by atoms with van der Waals surface area (Å²) in [6, 6.07) is 14.6. The number of esters is 2. The van der Waals surface area contributed by atoms with Crippen molar-refractivity contribution in [3.63, 3.8) is 0 Å². The Morgan fingerprint density at radius 1 is 1.11 bits per heavy atom. The number of non-ortho nitro benzene ring substituents is 1. The molecule has 0 fully saturated rings. The van der Waals surface area contributed by atoms with Gasteiger partial charge < -0.3 is 19.9 Å². The lowest BCUT2D eigenvalue weighted by atomic mass is 9.79. The van der Waals surface area contributed by atoms with Crippen LogP contribution in [0.5, 0.6) is 0 Å². The smallest absolute Gasteiger partial charge is 0.336 e. The topological polar surface area (TPSA) is 128 Å². The molecule has 2 N–H and O–H groups in total. The van der Waals surface area contributed by atoms with Crippen LogP contribution in [0, 0.1) is 10.1 Å². The number of nitro benzene ring substituents is 1. The van der Waals surface area contributed by atoms with Gasteiger partial charge in [0, 0.05) is 35.5 Å². The van der Waals surface area contributed by atoms with Crippen LogP contribution in [0.4, 0.5) is 5.69 Å². The fraction of sp³-hybridized carbons (Fsp3) is 0.231. The van der Waals surface area contributed by atoms with E-state index >= 15 is 0 Å². The van der Waals surface area contributed by atoms with Crippen LogP contribution in [0.2, 0.25) is 0 Å². The molecule has 0 aromatic heterocycles. The van der Waals surface area contributed by atoms with Crippen molar-refractivity contribution in [1.29, 1.82) is 0 Å². The van der Waals surface area contributed by atoms with Crippen molar-refractivity contribution in [3.05, 3.63) is 104 Å². The number of carbonyl (C=O) groups excluding carboxylic acids is 2. The number of nitrogens with zero attached hydrogens (tertiary/aromatic N) is 1. The van der Waals surface area contributed by atoms with E-state index in [1.54, 1.807) is 44.2 Å². The van der Waals surface area contributed by atoms with Crippen molar-refractivity contribution >= 4 is 23.4 Å². The predicted octanol–water partition coefficient (Wildman–Crippen LogP) is 4.54. The fourth-order valence-electron chi connectivity index (χ4n) is 3.96. The highest BCUT2D eigenvalue weighted by atomic mass is 16.6. The van der Waals surface area contributed by atoms with E-state index in [2.05, 4.69) is 5.32 Å². The van der Waals surface area contributed by atoms with Crippen molar-refractivity contribution in [2.45, 2.75) is 26.2 Å². The Morgan fingerprint density at radius 3 is 2.46 bits per heavy atom. The van der Waals surface area contributed by atoms with Gasteiger partial charge in [0.25, 0.3) is 5.69 Å². The Morgan fingerprint density at radius 2 is 1.83 bits per heavy atom. The number of benzene rings is 2. The molecule has 0 bridgehead atoms. The van der Waals surface area contributed by atoms with Gasteiger partial charge in [-0.25, -0.2) is 9.59 Å². The maximum atomic E-state index is 13.2. The molecule has 2 aromatic carbocycles. The lowest BCUT2D eigenvalue weighted by Gasteiger charge is -2.31. The summed E-state index contributed by atoms with van der Waals surface area (Å²) in [7, 11) is 1.22. The second-order valence-electron chi connectivity index (χ2n) is 7.71. The number of aliphatic hydroxyl groups is 1. The number of dihydropyridines is 1. The largest absolute Gasteiger partial charge is 0.508 e. The summed E-state index contributed by atoms with van der Waals surface area (Å²) >= 11 is 0. The second-order valence-corrected chi connectivity index (χ2v) is 7.71. The molecule has 0 aliphatic carbocycles. The van der Waals surface area contributed by atoms with Crippen LogP contribution >= 0.6 is 0 Å². The van der Waals surface area contributed by atoms with Gasteiger partial charge in [0.1, 0.15) is 5.76 Å². The second kappa shape index (κ2) is 11.1. The SMILES string of the molecule is CCOC(=O)C1=C(CC=C(O)c2ccccc2)NC(C)=C(C(=O)OC)C1c1cccc([N+](=O)[O-])c1. The van der Waals surface area contributed by atoms with Crippen molar-refractivity contribution in [2.75, 3.05) is 13.7 Å². The standard InChI is InChI=1S/C26H26N2O7/c1-4-35-26(31)24-20(13-14-21(29)17-9-6-5-7-10-17)27-16(2)22(25(30)34-3)23(24)18-11-8-12-19(15-18)28(32)33/h5-12,14-15,23,27,29H,4,13H2,1-3H3. The zero-order valence-electron chi connectivity index (χ0n) is 19.6. The third-order valence-corrected chi connectivity index (χ3v) is 5.53. The molecule has 35 heavy (non-hydrogen) atoms. The predicted molar refractivity (Wildman–Crippen MR) is 129 cm³/mol. The van der Waals surface area contributed by atoms with E-state index in [9.17, 15) is 24.8 Å². The summed E-state index contributed by atoms with van der Waals surface area (Å²) in [5.41, 5.74) is 1.83. The van der Waals surface area contributed by atoms with Crippen LogP contribution in [-0.4, -0.2) is 35.7 Å². The van der Waals surface area contributed by atoms with Gasteiger partial charge in [-0.05, 0) is 25.5 Å². The summed E-state index contributed by atoms with van der Waals surface area (Å²) in [6.45, 7) is 3.39. The van der Waals surface area contributed by atoms with Crippen LogP contribution in [0.3, 0.4) is 0 Å². The molecule has 0 saturated carbocycles. The Balaban J connectivity index is 2.19. The Kier molecular flexibility index (Phi) is 8.04. The molecular formula is C26H26N2O7. The zero-order valence-corrected chi connectivity index (χ0v) is 19.6. The summed E-state index contributed by atoms with van der Waals surface area (Å²) < 4.78 is 10.3. The number of methoxy groups -OCH3 is 1. The zero-order chi connectivity index (χ0) is 25.5. The first kappa shape index (κ1) is 25.2. The molecule has 3 rings (SSSR count). The number of nitrogens with one attached hydrogen (secondary N) is 1. The first-order valence-corrected chi connectivity index (χ1v) is 10.9. The van der Waals surface area contributed by atoms with E-state index < -0.39 is 22.8 Å². The van der Waals surface area contributed by atoms with Crippen molar-refractivity contribution in [2.24, 2.45) is 0 Å². The first-order valence-electron chi connectivity index (χ1n) is 10.9. The van der Waals surface area contributed by atoms with Gasteiger partial charge in [0.05, 0.1) is 35.7 Å². The highest BCUT2D eigenvalue weighted by molar-refractivity contribution is 6.00. The molecule has 2 aromatic rings. The molecule has 0 radical (unpaired) electrons. The van der Waals surface area contributed by atoms with Crippen LogP contribution in [0.15, 0.2) is 83.2 Å². The van der Waals surface area contributed by atoms with E-state index in [0.717, 1.165) is 0 Å². The number of aliphatic hydroxyl groups excluding tert-OH is 1. The van der Waals surface area contributed by atoms with E-state index in [1.165, 1.54) is 31.4 Å². The lowest BCUT2D eigenvalue weighted by molar-refractivity contribution is -0.384. The van der Waals surface area contributed by atoms with Gasteiger partial charge in [-0.1, -0.05) is 42.5 Å². The molecule has 9 heteroatoms. The number of hydrogen-bond acceptors (Lipinski definition) is 8. The molecule has 0 saturated heterocycles. The number of nitro groups is 1. The highest BCUT2D eigenvalue weighted by Crippen LogP contribution is 2.41. The molecule has 1 aliphatic rings. The highest BCUT2D eigenvalue weighted by Gasteiger charge is 2.39. The average molecular weight is 479 g/mol. The van der Waals surface area contributed by atoms with Crippen LogP contribution in [0.25, 0.3) is 5.76 Å². The van der Waals surface area contributed by atoms with E-state index in [1.807, 2.05) is 6.07 Å². The Bertz CT molecular complexity index is 1230. The number of rotatable bonds is 8. The van der Waals surface area contributed by atoms with Gasteiger partial charge in [-0.3, -0.25) is 10.1 Å². The van der Waals surface area contributed by atoms with E-state index in [0.29, 0.717) is 22.5 Å². The molecule has 182 valence electrons.